The second-order valence-electron chi connectivity index (χ2n) is 7.97. The number of amides is 1. The molecule has 0 spiro atoms. The monoisotopic (exact) mass is 425 g/mol. The van der Waals surface area contributed by atoms with Gasteiger partial charge in [0.05, 0.1) is 12.5 Å². The van der Waals surface area contributed by atoms with Gasteiger partial charge in [-0.25, -0.2) is 9.38 Å². The molecule has 0 radical (unpaired) electrons. The van der Waals surface area contributed by atoms with Gasteiger partial charge in [-0.1, -0.05) is 36.4 Å². The molecule has 1 atom stereocenters. The molecule has 1 unspecified atom stereocenters. The number of benzene rings is 2. The van der Waals surface area contributed by atoms with Crippen LogP contribution in [0, 0.1) is 11.7 Å². The number of carbonyl (C=O) groups excluding carboxylic acids is 1. The summed E-state index contributed by atoms with van der Waals surface area (Å²) in [5.41, 5.74) is 8.82. The minimum atomic E-state index is -0.237. The molecule has 6 nitrogen and oxygen atoms in total. The number of aliphatic imine (C=N–C) groups is 1. The van der Waals surface area contributed by atoms with E-state index >= 15 is 0 Å². The van der Waals surface area contributed by atoms with Gasteiger partial charge in [0.2, 0.25) is 5.91 Å². The maximum atomic E-state index is 13.1. The number of rotatable bonds is 8. The van der Waals surface area contributed by atoms with E-state index < -0.39 is 0 Å². The number of hydrogen-bond donors (Lipinski definition) is 3. The summed E-state index contributed by atoms with van der Waals surface area (Å²) in [7, 11) is 0. The normalized spacial score (nSPS) is 17.4. The van der Waals surface area contributed by atoms with Crippen molar-refractivity contribution in [3.63, 3.8) is 0 Å². The van der Waals surface area contributed by atoms with Gasteiger partial charge in [0.15, 0.2) is 5.96 Å². The second kappa shape index (κ2) is 11.5. The SMILES string of the molecule is CCNC(=NCc1cccc(CN2CCCC(C(N)=O)C2)c1)NCc1ccc(F)cc1. The van der Waals surface area contributed by atoms with Crippen LogP contribution < -0.4 is 16.4 Å². The van der Waals surface area contributed by atoms with E-state index in [1.165, 1.54) is 17.7 Å². The van der Waals surface area contributed by atoms with Crippen LogP contribution in [0.2, 0.25) is 0 Å². The van der Waals surface area contributed by atoms with Gasteiger partial charge in [0.25, 0.3) is 0 Å². The van der Waals surface area contributed by atoms with Crippen LogP contribution in [0.15, 0.2) is 53.5 Å². The van der Waals surface area contributed by atoms with Crippen LogP contribution in [-0.2, 0) is 24.4 Å². The van der Waals surface area contributed by atoms with Crippen LogP contribution in [-0.4, -0.2) is 36.4 Å². The minimum Gasteiger partial charge on any atom is -0.369 e. The lowest BCUT2D eigenvalue weighted by Gasteiger charge is -2.31. The van der Waals surface area contributed by atoms with Gasteiger partial charge < -0.3 is 16.4 Å². The molecule has 2 aromatic carbocycles. The molecule has 3 rings (SSSR count). The van der Waals surface area contributed by atoms with Crippen molar-refractivity contribution in [1.82, 2.24) is 15.5 Å². The van der Waals surface area contributed by atoms with Crippen LogP contribution >= 0.6 is 0 Å². The predicted molar refractivity (Wildman–Crippen MR) is 122 cm³/mol. The first-order valence-corrected chi connectivity index (χ1v) is 10.9. The lowest BCUT2D eigenvalue weighted by molar-refractivity contribution is -0.123. The quantitative estimate of drug-likeness (QED) is 0.449. The molecule has 1 aliphatic heterocycles. The second-order valence-corrected chi connectivity index (χ2v) is 7.97. The fourth-order valence-electron chi connectivity index (χ4n) is 3.82. The summed E-state index contributed by atoms with van der Waals surface area (Å²) in [6.07, 6.45) is 1.89. The van der Waals surface area contributed by atoms with E-state index in [4.69, 9.17) is 5.73 Å². The summed E-state index contributed by atoms with van der Waals surface area (Å²) in [4.78, 5) is 18.5. The molecule has 1 aliphatic rings. The molecule has 0 aromatic heterocycles. The third-order valence-electron chi connectivity index (χ3n) is 5.44. The van der Waals surface area contributed by atoms with Crippen molar-refractivity contribution in [2.75, 3.05) is 19.6 Å². The summed E-state index contributed by atoms with van der Waals surface area (Å²) >= 11 is 0. The smallest absolute Gasteiger partial charge is 0.221 e. The predicted octanol–water partition coefficient (Wildman–Crippen LogP) is 2.78. The van der Waals surface area contributed by atoms with E-state index in [-0.39, 0.29) is 17.6 Å². The number of primary amides is 1. The Labute approximate surface area is 183 Å². The van der Waals surface area contributed by atoms with Crippen LogP contribution in [0.5, 0.6) is 0 Å². The third kappa shape index (κ3) is 7.36. The van der Waals surface area contributed by atoms with E-state index in [0.29, 0.717) is 13.1 Å². The average Bonchev–Trinajstić information content (AvgIpc) is 2.77. The van der Waals surface area contributed by atoms with E-state index in [2.05, 4.69) is 44.8 Å². The Morgan fingerprint density at radius 2 is 1.94 bits per heavy atom. The van der Waals surface area contributed by atoms with Gasteiger partial charge in [0.1, 0.15) is 5.82 Å². The third-order valence-corrected chi connectivity index (χ3v) is 5.44. The molecule has 166 valence electrons. The van der Waals surface area contributed by atoms with Crippen molar-refractivity contribution in [3.8, 4) is 0 Å². The standard InChI is InChI=1S/C24H32FN5O/c1-2-27-24(28-14-18-8-10-22(25)11-9-18)29-15-19-5-3-6-20(13-19)16-30-12-4-7-21(17-30)23(26)31/h3,5-6,8-11,13,21H,2,4,7,12,14-17H2,1H3,(H2,26,31)(H2,27,28,29). The summed E-state index contributed by atoms with van der Waals surface area (Å²) in [6.45, 7) is 6.43. The Bertz CT molecular complexity index is 884. The molecular formula is C24H32FN5O. The lowest BCUT2D eigenvalue weighted by Crippen LogP contribution is -2.40. The fourth-order valence-corrected chi connectivity index (χ4v) is 3.82. The number of guanidine groups is 1. The highest BCUT2D eigenvalue weighted by Crippen LogP contribution is 2.19. The van der Waals surface area contributed by atoms with Crippen LogP contribution in [0.25, 0.3) is 0 Å². The van der Waals surface area contributed by atoms with Gasteiger partial charge in [-0.15, -0.1) is 0 Å². The Hall–Kier alpha value is -2.93. The number of hydrogen-bond acceptors (Lipinski definition) is 3. The molecule has 1 fully saturated rings. The van der Waals surface area contributed by atoms with Gasteiger partial charge in [-0.05, 0) is 55.1 Å². The van der Waals surface area contributed by atoms with Crippen LogP contribution in [0.3, 0.4) is 0 Å². The van der Waals surface area contributed by atoms with E-state index in [0.717, 1.165) is 56.1 Å². The van der Waals surface area contributed by atoms with Gasteiger partial charge >= 0.3 is 0 Å². The highest BCUT2D eigenvalue weighted by Gasteiger charge is 2.23. The van der Waals surface area contributed by atoms with Crippen molar-refractivity contribution in [1.29, 1.82) is 0 Å². The summed E-state index contributed by atoms with van der Waals surface area (Å²) in [5, 5.41) is 6.53. The number of piperidine rings is 1. The van der Waals surface area contributed by atoms with Crippen molar-refractivity contribution in [2.24, 2.45) is 16.6 Å². The van der Waals surface area contributed by atoms with Crippen molar-refractivity contribution in [3.05, 3.63) is 71.0 Å². The first-order valence-electron chi connectivity index (χ1n) is 10.9. The van der Waals surface area contributed by atoms with Crippen molar-refractivity contribution >= 4 is 11.9 Å². The molecule has 0 aliphatic carbocycles. The molecular weight excluding hydrogens is 393 g/mol. The zero-order valence-electron chi connectivity index (χ0n) is 18.1. The van der Waals surface area contributed by atoms with Crippen molar-refractivity contribution < 1.29 is 9.18 Å². The molecule has 4 N–H and O–H groups in total. The Balaban J connectivity index is 1.57. The van der Waals surface area contributed by atoms with Crippen molar-refractivity contribution in [2.45, 2.75) is 39.4 Å². The zero-order valence-corrected chi connectivity index (χ0v) is 18.1. The summed E-state index contributed by atoms with van der Waals surface area (Å²) in [6, 6.07) is 14.8. The van der Waals surface area contributed by atoms with E-state index in [1.54, 1.807) is 12.1 Å². The number of nitrogens with one attached hydrogen (secondary N) is 2. The molecule has 1 amide bonds. The number of carbonyl (C=O) groups is 1. The first-order chi connectivity index (χ1) is 15.0. The average molecular weight is 426 g/mol. The number of nitrogens with two attached hydrogens (primary N) is 1. The molecule has 7 heteroatoms. The Morgan fingerprint density at radius 1 is 1.16 bits per heavy atom. The van der Waals surface area contributed by atoms with Gasteiger partial charge in [0, 0.05) is 26.2 Å². The fraction of sp³-hybridized carbons (Fsp3) is 0.417. The van der Waals surface area contributed by atoms with Crippen LogP contribution in [0.4, 0.5) is 4.39 Å². The molecule has 1 saturated heterocycles. The number of likely N-dealkylation sites (tertiary alicyclic amines) is 1. The van der Waals surface area contributed by atoms with E-state index in [1.807, 2.05) is 6.92 Å². The maximum absolute atomic E-state index is 13.1. The van der Waals surface area contributed by atoms with E-state index in [9.17, 15) is 9.18 Å². The molecule has 1 heterocycles. The Morgan fingerprint density at radius 3 is 2.68 bits per heavy atom. The number of nitrogens with zero attached hydrogens (tertiary/aromatic N) is 2. The molecule has 0 bridgehead atoms. The highest BCUT2D eigenvalue weighted by atomic mass is 19.1. The Kier molecular flexibility index (Phi) is 8.41. The largest absolute Gasteiger partial charge is 0.369 e. The minimum absolute atomic E-state index is 0.0450. The zero-order chi connectivity index (χ0) is 22.1. The topological polar surface area (TPSA) is 82.8 Å². The van der Waals surface area contributed by atoms with Crippen LogP contribution in [0.1, 0.15) is 36.5 Å². The van der Waals surface area contributed by atoms with Gasteiger partial charge in [-0.3, -0.25) is 9.69 Å². The summed E-state index contributed by atoms with van der Waals surface area (Å²) in [5.74, 6) is 0.240. The number of halogens is 1. The molecule has 0 saturated carbocycles. The lowest BCUT2D eigenvalue weighted by atomic mass is 9.97. The highest BCUT2D eigenvalue weighted by molar-refractivity contribution is 5.79. The first kappa shape index (κ1) is 22.7. The molecule has 31 heavy (non-hydrogen) atoms. The summed E-state index contributed by atoms with van der Waals surface area (Å²) < 4.78 is 13.1. The maximum Gasteiger partial charge on any atom is 0.221 e. The molecule has 2 aromatic rings. The van der Waals surface area contributed by atoms with Gasteiger partial charge in [-0.2, -0.15) is 0 Å².